The molecular formula is C15H23BrN2O4. The number of carbonyl (C=O) groups excluding carboxylic acids is 1. The Kier molecular flexibility index (Phi) is 6.77. The number of hydrogen-bond acceptors (Lipinski definition) is 5. The average Bonchev–Trinajstić information content (AvgIpc) is 2.46. The van der Waals surface area contributed by atoms with Gasteiger partial charge in [-0.25, -0.2) is 9.78 Å². The van der Waals surface area contributed by atoms with Crippen molar-refractivity contribution in [3.63, 3.8) is 0 Å². The first kappa shape index (κ1) is 18.9. The Labute approximate surface area is 139 Å². The van der Waals surface area contributed by atoms with E-state index in [1.54, 1.807) is 13.1 Å². The number of anilines is 1. The number of halogens is 1. The molecule has 0 saturated carbocycles. The summed E-state index contributed by atoms with van der Waals surface area (Å²) in [4.78, 5) is 18.0. The number of aromatic nitrogens is 1. The standard InChI is InChI=1S/C15H23BrN2O4/c1-15(2,3)22-14(19)18(4)11-8-7-10(9-16)12(17-11)13(20-5)21-6/h7-8,13H,9H2,1-6H3. The summed E-state index contributed by atoms with van der Waals surface area (Å²) in [5.41, 5.74) is 0.982. The van der Waals surface area contributed by atoms with Gasteiger partial charge in [0.05, 0.1) is 0 Å². The highest BCUT2D eigenvalue weighted by molar-refractivity contribution is 9.08. The molecule has 124 valence electrons. The molecule has 0 atom stereocenters. The fraction of sp³-hybridized carbons (Fsp3) is 0.600. The van der Waals surface area contributed by atoms with Gasteiger partial charge in [0.2, 0.25) is 6.29 Å². The highest BCUT2D eigenvalue weighted by atomic mass is 79.9. The first-order valence-electron chi connectivity index (χ1n) is 6.81. The van der Waals surface area contributed by atoms with E-state index in [2.05, 4.69) is 20.9 Å². The second-order valence-corrected chi connectivity index (χ2v) is 6.25. The zero-order valence-electron chi connectivity index (χ0n) is 13.8. The number of alkyl halides is 1. The van der Waals surface area contributed by atoms with Gasteiger partial charge in [-0.2, -0.15) is 0 Å². The maximum absolute atomic E-state index is 12.1. The van der Waals surface area contributed by atoms with Crippen molar-refractivity contribution in [2.24, 2.45) is 0 Å². The topological polar surface area (TPSA) is 60.9 Å². The Hall–Kier alpha value is -1.18. The van der Waals surface area contributed by atoms with Crippen molar-refractivity contribution in [1.82, 2.24) is 4.98 Å². The third-order valence-electron chi connectivity index (χ3n) is 2.80. The molecule has 1 aromatic heterocycles. The van der Waals surface area contributed by atoms with Gasteiger partial charge in [-0.05, 0) is 32.4 Å². The van der Waals surface area contributed by atoms with E-state index in [1.807, 2.05) is 26.8 Å². The average molecular weight is 375 g/mol. The molecule has 1 aromatic rings. The number of nitrogens with zero attached hydrogens (tertiary/aromatic N) is 2. The fourth-order valence-corrected chi connectivity index (χ4v) is 2.21. The molecule has 0 aliphatic carbocycles. The predicted molar refractivity (Wildman–Crippen MR) is 88.3 cm³/mol. The van der Waals surface area contributed by atoms with Crippen LogP contribution in [0.15, 0.2) is 12.1 Å². The maximum Gasteiger partial charge on any atom is 0.415 e. The molecule has 1 amide bonds. The molecule has 0 aliphatic heterocycles. The SMILES string of the molecule is COC(OC)c1nc(N(C)C(=O)OC(C)(C)C)ccc1CBr. The molecular weight excluding hydrogens is 352 g/mol. The predicted octanol–water partition coefficient (Wildman–Crippen LogP) is 3.64. The minimum Gasteiger partial charge on any atom is -0.443 e. The van der Waals surface area contributed by atoms with Gasteiger partial charge in [0.25, 0.3) is 0 Å². The van der Waals surface area contributed by atoms with E-state index in [-0.39, 0.29) is 0 Å². The molecule has 0 aromatic carbocycles. The quantitative estimate of drug-likeness (QED) is 0.581. The van der Waals surface area contributed by atoms with Crippen LogP contribution in [0.1, 0.15) is 38.3 Å². The van der Waals surface area contributed by atoms with Crippen molar-refractivity contribution in [2.75, 3.05) is 26.2 Å². The first-order chi connectivity index (χ1) is 10.2. The Bertz CT molecular complexity index is 513. The summed E-state index contributed by atoms with van der Waals surface area (Å²) in [5, 5.41) is 0.606. The Morgan fingerprint density at radius 2 is 1.91 bits per heavy atom. The molecule has 1 rings (SSSR count). The van der Waals surface area contributed by atoms with Crippen molar-refractivity contribution in [3.05, 3.63) is 23.4 Å². The summed E-state index contributed by atoms with van der Waals surface area (Å²) in [7, 11) is 4.69. The molecule has 0 aliphatic rings. The lowest BCUT2D eigenvalue weighted by Crippen LogP contribution is -2.34. The van der Waals surface area contributed by atoms with E-state index >= 15 is 0 Å². The van der Waals surface area contributed by atoms with Crippen molar-refractivity contribution in [3.8, 4) is 0 Å². The number of amides is 1. The van der Waals surface area contributed by atoms with Gasteiger partial charge in [-0.15, -0.1) is 0 Å². The summed E-state index contributed by atoms with van der Waals surface area (Å²) in [5.74, 6) is 0.466. The number of rotatable bonds is 5. The normalized spacial score (nSPS) is 11.6. The molecule has 7 heteroatoms. The van der Waals surface area contributed by atoms with Crippen LogP contribution in [0.4, 0.5) is 10.6 Å². The molecule has 0 bridgehead atoms. The summed E-state index contributed by atoms with van der Waals surface area (Å²) < 4.78 is 15.9. The molecule has 0 unspecified atom stereocenters. The minimum atomic E-state index is -0.598. The highest BCUT2D eigenvalue weighted by Crippen LogP contribution is 2.25. The van der Waals surface area contributed by atoms with Crippen LogP contribution in [0.2, 0.25) is 0 Å². The van der Waals surface area contributed by atoms with Crippen molar-refractivity contribution in [1.29, 1.82) is 0 Å². The van der Waals surface area contributed by atoms with E-state index in [4.69, 9.17) is 14.2 Å². The summed E-state index contributed by atoms with van der Waals surface area (Å²) >= 11 is 3.41. The van der Waals surface area contributed by atoms with Crippen molar-refractivity contribution < 1.29 is 19.0 Å². The van der Waals surface area contributed by atoms with Gasteiger partial charge in [0, 0.05) is 26.6 Å². The Morgan fingerprint density at radius 3 is 2.36 bits per heavy atom. The van der Waals surface area contributed by atoms with Crippen molar-refractivity contribution in [2.45, 2.75) is 38.0 Å². The maximum atomic E-state index is 12.1. The third kappa shape index (κ3) is 4.93. The minimum absolute atomic E-state index is 0.466. The second kappa shape index (κ2) is 7.89. The molecule has 6 nitrogen and oxygen atoms in total. The van der Waals surface area contributed by atoms with Gasteiger partial charge in [0.15, 0.2) is 0 Å². The van der Waals surface area contributed by atoms with Crippen LogP contribution in [0, 0.1) is 0 Å². The molecule has 0 fully saturated rings. The van der Waals surface area contributed by atoms with Gasteiger partial charge in [-0.3, -0.25) is 4.90 Å². The second-order valence-electron chi connectivity index (χ2n) is 5.69. The first-order valence-corrected chi connectivity index (χ1v) is 7.93. The Morgan fingerprint density at radius 1 is 1.32 bits per heavy atom. The lowest BCUT2D eigenvalue weighted by molar-refractivity contribution is -0.109. The number of carbonyl (C=O) groups is 1. The summed E-state index contributed by atoms with van der Waals surface area (Å²) in [6.45, 7) is 5.45. The van der Waals surface area contributed by atoms with Gasteiger partial charge in [-0.1, -0.05) is 22.0 Å². The zero-order valence-corrected chi connectivity index (χ0v) is 15.4. The summed E-state index contributed by atoms with van der Waals surface area (Å²) in [6, 6.07) is 3.63. The van der Waals surface area contributed by atoms with Gasteiger partial charge in [0.1, 0.15) is 17.1 Å². The van der Waals surface area contributed by atoms with Crippen LogP contribution in [0.3, 0.4) is 0 Å². The largest absolute Gasteiger partial charge is 0.443 e. The molecule has 0 spiro atoms. The van der Waals surface area contributed by atoms with E-state index in [0.717, 1.165) is 5.56 Å². The third-order valence-corrected chi connectivity index (χ3v) is 3.41. The van der Waals surface area contributed by atoms with E-state index in [1.165, 1.54) is 19.1 Å². The molecule has 0 saturated heterocycles. The zero-order chi connectivity index (χ0) is 16.9. The number of pyridine rings is 1. The monoisotopic (exact) mass is 374 g/mol. The fourth-order valence-electron chi connectivity index (χ4n) is 1.74. The van der Waals surface area contributed by atoms with Crippen LogP contribution >= 0.6 is 15.9 Å². The molecule has 1 heterocycles. The van der Waals surface area contributed by atoms with Gasteiger partial charge < -0.3 is 14.2 Å². The molecule has 22 heavy (non-hydrogen) atoms. The molecule has 0 radical (unpaired) electrons. The van der Waals surface area contributed by atoms with E-state index in [9.17, 15) is 4.79 Å². The number of hydrogen-bond donors (Lipinski definition) is 0. The smallest absolute Gasteiger partial charge is 0.415 e. The van der Waals surface area contributed by atoms with E-state index < -0.39 is 18.0 Å². The van der Waals surface area contributed by atoms with Crippen molar-refractivity contribution >= 4 is 27.8 Å². The molecule has 0 N–H and O–H groups in total. The van der Waals surface area contributed by atoms with Crippen LogP contribution < -0.4 is 4.90 Å². The van der Waals surface area contributed by atoms with Crippen LogP contribution in [-0.2, 0) is 19.5 Å². The number of methoxy groups -OCH3 is 2. The number of ether oxygens (including phenoxy) is 3. The van der Waals surface area contributed by atoms with Crippen LogP contribution in [0.25, 0.3) is 0 Å². The lowest BCUT2D eigenvalue weighted by Gasteiger charge is -2.25. The lowest BCUT2D eigenvalue weighted by atomic mass is 10.2. The van der Waals surface area contributed by atoms with Crippen LogP contribution in [0.5, 0.6) is 0 Å². The van der Waals surface area contributed by atoms with Crippen LogP contribution in [-0.4, -0.2) is 37.9 Å². The Balaban J connectivity index is 3.10. The van der Waals surface area contributed by atoms with Gasteiger partial charge >= 0.3 is 6.09 Å². The summed E-state index contributed by atoms with van der Waals surface area (Å²) in [6.07, 6.45) is -1.07. The van der Waals surface area contributed by atoms with E-state index in [0.29, 0.717) is 16.8 Å². The highest BCUT2D eigenvalue weighted by Gasteiger charge is 2.23.